The number of rotatable bonds is 3. The Labute approximate surface area is 124 Å². The van der Waals surface area contributed by atoms with E-state index in [0.29, 0.717) is 0 Å². The summed E-state index contributed by atoms with van der Waals surface area (Å²) in [5.74, 6) is -0.406. The average Bonchev–Trinajstić information content (AvgIpc) is 2.94. The lowest BCUT2D eigenvalue weighted by Crippen LogP contribution is -1.97. The normalized spacial score (nSPS) is 10.6. The van der Waals surface area contributed by atoms with Crippen LogP contribution in [0.3, 0.4) is 0 Å². The quantitative estimate of drug-likeness (QED) is 0.753. The molecule has 1 heterocycles. The summed E-state index contributed by atoms with van der Waals surface area (Å²) in [7, 11) is 0. The van der Waals surface area contributed by atoms with E-state index in [-0.39, 0.29) is 22.5 Å². The number of nitrogens with two attached hydrogens (primary N) is 1. The molecule has 0 atom stereocenters. The van der Waals surface area contributed by atoms with Crippen LogP contribution < -0.4 is 10.5 Å². The van der Waals surface area contributed by atoms with E-state index in [2.05, 4.69) is 10.1 Å². The van der Waals surface area contributed by atoms with E-state index in [4.69, 9.17) is 22.1 Å². The van der Waals surface area contributed by atoms with Gasteiger partial charge in [-0.1, -0.05) is 29.8 Å². The third-order valence-corrected chi connectivity index (χ3v) is 3.04. The molecule has 2 aromatic carbocycles. The zero-order valence-electron chi connectivity index (χ0n) is 10.7. The first-order valence-corrected chi connectivity index (χ1v) is 6.41. The summed E-state index contributed by atoms with van der Waals surface area (Å²) in [5, 5.41) is 4.08. The highest BCUT2D eigenvalue weighted by Crippen LogP contribution is 2.30. The highest BCUT2D eigenvalue weighted by atomic mass is 35.5. The molecule has 0 aliphatic heterocycles. The van der Waals surface area contributed by atoms with Gasteiger partial charge in [0.05, 0.1) is 16.4 Å². The summed E-state index contributed by atoms with van der Waals surface area (Å²) >= 11 is 5.70. The van der Waals surface area contributed by atoms with Crippen LogP contribution in [-0.4, -0.2) is 14.8 Å². The zero-order valence-corrected chi connectivity index (χ0v) is 11.5. The standard InChI is InChI=1S/C14H10ClFN4O/c15-10-6-13(12(17)7-11(10)16)21-14-18-8-20(19-14)9-4-2-1-3-5-9/h1-8H,17H2. The summed E-state index contributed by atoms with van der Waals surface area (Å²) in [6.07, 6.45) is 1.51. The molecule has 3 rings (SSSR count). The van der Waals surface area contributed by atoms with E-state index >= 15 is 0 Å². The monoisotopic (exact) mass is 304 g/mol. The van der Waals surface area contributed by atoms with Gasteiger partial charge < -0.3 is 10.5 Å². The minimum Gasteiger partial charge on any atom is -0.421 e. The number of aromatic nitrogens is 3. The SMILES string of the molecule is Nc1cc(F)c(Cl)cc1Oc1ncn(-c2ccccc2)n1. The molecule has 3 aromatic rings. The Morgan fingerprint density at radius 1 is 1.19 bits per heavy atom. The van der Waals surface area contributed by atoms with Gasteiger partial charge in [-0.15, -0.1) is 5.10 Å². The molecule has 0 unspecified atom stereocenters. The van der Waals surface area contributed by atoms with Crippen molar-refractivity contribution in [2.75, 3.05) is 5.73 Å². The molecule has 21 heavy (non-hydrogen) atoms. The number of nitrogen functional groups attached to an aromatic ring is 1. The predicted molar refractivity (Wildman–Crippen MR) is 77.3 cm³/mol. The van der Waals surface area contributed by atoms with Crippen molar-refractivity contribution in [1.29, 1.82) is 0 Å². The lowest BCUT2D eigenvalue weighted by atomic mass is 10.3. The molecule has 1 aromatic heterocycles. The molecule has 0 aliphatic rings. The molecule has 106 valence electrons. The van der Waals surface area contributed by atoms with E-state index in [1.807, 2.05) is 30.3 Å². The smallest absolute Gasteiger partial charge is 0.341 e. The Hall–Kier alpha value is -2.60. The van der Waals surface area contributed by atoms with Gasteiger partial charge in [-0.2, -0.15) is 4.98 Å². The van der Waals surface area contributed by atoms with Crippen molar-refractivity contribution < 1.29 is 9.13 Å². The summed E-state index contributed by atoms with van der Waals surface area (Å²) in [5.41, 5.74) is 6.63. The topological polar surface area (TPSA) is 66.0 Å². The third-order valence-electron chi connectivity index (χ3n) is 2.75. The highest BCUT2D eigenvalue weighted by Gasteiger charge is 2.11. The minimum absolute atomic E-state index is 0.0818. The number of nitrogens with zero attached hydrogens (tertiary/aromatic N) is 3. The van der Waals surface area contributed by atoms with Gasteiger partial charge >= 0.3 is 6.01 Å². The van der Waals surface area contributed by atoms with Gasteiger partial charge in [-0.25, -0.2) is 9.07 Å². The van der Waals surface area contributed by atoms with Crippen molar-refractivity contribution in [2.24, 2.45) is 0 Å². The van der Waals surface area contributed by atoms with Gasteiger partial charge in [-0.05, 0) is 12.1 Å². The third kappa shape index (κ3) is 2.80. The molecule has 0 fully saturated rings. The summed E-state index contributed by atoms with van der Waals surface area (Å²) in [6.45, 7) is 0. The van der Waals surface area contributed by atoms with Crippen LogP contribution in [0.4, 0.5) is 10.1 Å². The number of anilines is 1. The van der Waals surface area contributed by atoms with Crippen LogP contribution in [0.15, 0.2) is 48.8 Å². The van der Waals surface area contributed by atoms with E-state index < -0.39 is 5.82 Å². The fraction of sp³-hybridized carbons (Fsp3) is 0. The number of hydrogen-bond donors (Lipinski definition) is 1. The van der Waals surface area contributed by atoms with Gasteiger partial charge in [0.2, 0.25) is 0 Å². The summed E-state index contributed by atoms with van der Waals surface area (Å²) in [4.78, 5) is 4.02. The highest BCUT2D eigenvalue weighted by molar-refractivity contribution is 6.31. The molecule has 7 heteroatoms. The summed E-state index contributed by atoms with van der Waals surface area (Å²) < 4.78 is 20.2. The Balaban J connectivity index is 1.87. The maximum absolute atomic E-state index is 13.2. The van der Waals surface area contributed by atoms with Crippen molar-refractivity contribution in [1.82, 2.24) is 14.8 Å². The van der Waals surface area contributed by atoms with E-state index in [9.17, 15) is 4.39 Å². The zero-order chi connectivity index (χ0) is 14.8. The molecule has 0 radical (unpaired) electrons. The van der Waals surface area contributed by atoms with Crippen molar-refractivity contribution in [3.8, 4) is 17.4 Å². The second-order valence-corrected chi connectivity index (χ2v) is 4.62. The molecule has 0 amide bonds. The molecule has 0 spiro atoms. The minimum atomic E-state index is -0.607. The van der Waals surface area contributed by atoms with E-state index in [1.54, 1.807) is 4.68 Å². The van der Waals surface area contributed by atoms with Crippen LogP contribution in [0, 0.1) is 5.82 Å². The van der Waals surface area contributed by atoms with Gasteiger partial charge in [-0.3, -0.25) is 0 Å². The van der Waals surface area contributed by atoms with Crippen LogP contribution in [-0.2, 0) is 0 Å². The molecule has 2 N–H and O–H groups in total. The van der Waals surface area contributed by atoms with Crippen LogP contribution in [0.25, 0.3) is 5.69 Å². The van der Waals surface area contributed by atoms with Crippen molar-refractivity contribution in [3.05, 3.63) is 59.6 Å². The predicted octanol–water partition coefficient (Wildman–Crippen LogP) is 3.43. The molecule has 0 saturated heterocycles. The Morgan fingerprint density at radius 3 is 2.71 bits per heavy atom. The average molecular weight is 305 g/mol. The Bertz CT molecular complexity index is 776. The first kappa shape index (κ1) is 13.4. The summed E-state index contributed by atoms with van der Waals surface area (Å²) in [6, 6.07) is 11.9. The molecule has 0 saturated carbocycles. The first-order chi connectivity index (χ1) is 10.1. The fourth-order valence-electron chi connectivity index (χ4n) is 1.73. The fourth-order valence-corrected chi connectivity index (χ4v) is 1.88. The second-order valence-electron chi connectivity index (χ2n) is 4.21. The first-order valence-electron chi connectivity index (χ1n) is 6.03. The van der Waals surface area contributed by atoms with Gasteiger partial charge in [0.1, 0.15) is 12.1 Å². The molecule has 0 aliphatic carbocycles. The van der Waals surface area contributed by atoms with Crippen molar-refractivity contribution >= 4 is 17.3 Å². The Morgan fingerprint density at radius 2 is 1.95 bits per heavy atom. The molecular formula is C14H10ClFN4O. The number of benzene rings is 2. The molecular weight excluding hydrogens is 295 g/mol. The van der Waals surface area contributed by atoms with E-state index in [0.717, 1.165) is 11.8 Å². The van der Waals surface area contributed by atoms with Crippen LogP contribution >= 0.6 is 11.6 Å². The maximum Gasteiger partial charge on any atom is 0.341 e. The number of halogens is 2. The number of para-hydroxylation sites is 1. The molecule has 5 nitrogen and oxygen atoms in total. The van der Waals surface area contributed by atoms with Gasteiger partial charge in [0.25, 0.3) is 0 Å². The number of ether oxygens (including phenoxy) is 1. The lowest BCUT2D eigenvalue weighted by molar-refractivity contribution is 0.442. The largest absolute Gasteiger partial charge is 0.421 e. The van der Waals surface area contributed by atoms with Crippen molar-refractivity contribution in [2.45, 2.75) is 0 Å². The Kier molecular flexibility index (Phi) is 3.45. The molecule has 0 bridgehead atoms. The van der Waals surface area contributed by atoms with Gasteiger partial charge in [0.15, 0.2) is 5.75 Å². The number of hydrogen-bond acceptors (Lipinski definition) is 4. The van der Waals surface area contributed by atoms with Crippen LogP contribution in [0.2, 0.25) is 5.02 Å². The van der Waals surface area contributed by atoms with Crippen LogP contribution in [0.5, 0.6) is 11.8 Å². The second kappa shape index (κ2) is 5.41. The van der Waals surface area contributed by atoms with Gasteiger partial charge in [0, 0.05) is 12.1 Å². The van der Waals surface area contributed by atoms with Crippen molar-refractivity contribution in [3.63, 3.8) is 0 Å². The lowest BCUT2D eigenvalue weighted by Gasteiger charge is -2.06. The van der Waals surface area contributed by atoms with Crippen LogP contribution in [0.1, 0.15) is 0 Å². The maximum atomic E-state index is 13.2. The van der Waals surface area contributed by atoms with E-state index in [1.165, 1.54) is 12.4 Å².